The van der Waals surface area contributed by atoms with Gasteiger partial charge in [-0.1, -0.05) is 0 Å². The van der Waals surface area contributed by atoms with Gasteiger partial charge < -0.3 is 9.64 Å². The topological polar surface area (TPSA) is 76.4 Å². The Hall–Kier alpha value is -1.84. The minimum absolute atomic E-state index is 0.171. The zero-order valence-corrected chi connectivity index (χ0v) is 15.0. The second-order valence-electron chi connectivity index (χ2n) is 6.39. The Morgan fingerprint density at radius 2 is 2.16 bits per heavy atom. The van der Waals surface area contributed by atoms with Crippen LogP contribution in [0.5, 0.6) is 0 Å². The molecular formula is C16H22N6O2S. The number of aromatic nitrogens is 4. The monoisotopic (exact) mass is 362 g/mol. The summed E-state index contributed by atoms with van der Waals surface area (Å²) in [4.78, 5) is 18.2. The molecule has 134 valence electrons. The number of hydrogen-bond acceptors (Lipinski definition) is 7. The molecule has 4 rings (SSSR count). The first-order valence-electron chi connectivity index (χ1n) is 8.68. The fourth-order valence-corrected chi connectivity index (χ4v) is 4.18. The van der Waals surface area contributed by atoms with Crippen molar-refractivity contribution in [3.63, 3.8) is 0 Å². The molecule has 1 saturated heterocycles. The van der Waals surface area contributed by atoms with Crippen molar-refractivity contribution in [2.75, 3.05) is 32.8 Å². The number of rotatable bonds is 5. The number of thiophene rings is 1. The molecule has 0 aromatic carbocycles. The zero-order valence-electron chi connectivity index (χ0n) is 14.1. The van der Waals surface area contributed by atoms with Gasteiger partial charge in [0.2, 0.25) is 5.91 Å². The van der Waals surface area contributed by atoms with Gasteiger partial charge in [0.25, 0.3) is 0 Å². The van der Waals surface area contributed by atoms with Crippen LogP contribution in [0.4, 0.5) is 0 Å². The van der Waals surface area contributed by atoms with E-state index in [4.69, 9.17) is 4.74 Å². The van der Waals surface area contributed by atoms with Crippen LogP contribution in [-0.4, -0.2) is 68.8 Å². The summed E-state index contributed by atoms with van der Waals surface area (Å²) in [6.45, 7) is 6.05. The normalized spacial score (nSPS) is 18.3. The predicted octanol–water partition coefficient (Wildman–Crippen LogP) is 0.542. The van der Waals surface area contributed by atoms with Gasteiger partial charge in [-0.25, -0.2) is 4.68 Å². The molecule has 9 heteroatoms. The first-order valence-corrected chi connectivity index (χ1v) is 9.56. The third-order valence-corrected chi connectivity index (χ3v) is 5.80. The number of carbonyl (C=O) groups excluding carboxylic acids is 1. The van der Waals surface area contributed by atoms with Crippen LogP contribution < -0.4 is 0 Å². The molecule has 2 aromatic rings. The fourth-order valence-electron chi connectivity index (χ4n) is 3.29. The lowest BCUT2D eigenvalue weighted by Gasteiger charge is -2.27. The van der Waals surface area contributed by atoms with Gasteiger partial charge in [0.15, 0.2) is 5.82 Å². The Kier molecular flexibility index (Phi) is 5.04. The second kappa shape index (κ2) is 7.59. The van der Waals surface area contributed by atoms with E-state index in [1.165, 1.54) is 10.4 Å². The summed E-state index contributed by atoms with van der Waals surface area (Å²) >= 11 is 1.79. The van der Waals surface area contributed by atoms with Gasteiger partial charge in [0, 0.05) is 37.5 Å². The van der Waals surface area contributed by atoms with E-state index in [1.54, 1.807) is 16.0 Å². The van der Waals surface area contributed by atoms with Gasteiger partial charge in [-0.2, -0.15) is 0 Å². The number of aryl methyl sites for hydroxylation is 1. The summed E-state index contributed by atoms with van der Waals surface area (Å²) in [5.74, 6) is 0.984. The summed E-state index contributed by atoms with van der Waals surface area (Å²) in [6, 6.07) is 2.13. The van der Waals surface area contributed by atoms with Crippen LogP contribution in [0.25, 0.3) is 0 Å². The SMILES string of the molecule is O=C(CCn1nnnc1CN1CCOCC1)N1CCc2sccc2C1. The Labute approximate surface area is 150 Å². The molecule has 25 heavy (non-hydrogen) atoms. The standard InChI is InChI=1S/C16H22N6O2S/c23-16(21-4-1-14-13(11-21)3-10-25-14)2-5-22-15(17-18-19-22)12-20-6-8-24-9-7-20/h3,10H,1-2,4-9,11-12H2. The van der Waals surface area contributed by atoms with Crippen LogP contribution in [0.15, 0.2) is 11.4 Å². The van der Waals surface area contributed by atoms with Gasteiger partial charge in [0.1, 0.15) is 0 Å². The lowest BCUT2D eigenvalue weighted by molar-refractivity contribution is -0.132. The van der Waals surface area contributed by atoms with E-state index >= 15 is 0 Å². The Morgan fingerprint density at radius 1 is 1.28 bits per heavy atom. The molecule has 0 bridgehead atoms. The molecule has 0 atom stereocenters. The summed E-state index contributed by atoms with van der Waals surface area (Å²) in [5.41, 5.74) is 1.29. The first-order chi connectivity index (χ1) is 12.3. The minimum Gasteiger partial charge on any atom is -0.379 e. The van der Waals surface area contributed by atoms with E-state index in [-0.39, 0.29) is 5.91 Å². The molecule has 0 spiro atoms. The molecule has 1 amide bonds. The van der Waals surface area contributed by atoms with Crippen molar-refractivity contribution >= 4 is 17.2 Å². The molecule has 2 aliphatic heterocycles. The van der Waals surface area contributed by atoms with Gasteiger partial charge in [-0.05, 0) is 33.9 Å². The molecule has 0 unspecified atom stereocenters. The quantitative estimate of drug-likeness (QED) is 0.773. The maximum Gasteiger partial charge on any atom is 0.224 e. The fraction of sp³-hybridized carbons (Fsp3) is 0.625. The highest BCUT2D eigenvalue weighted by Gasteiger charge is 2.22. The predicted molar refractivity (Wildman–Crippen MR) is 92.0 cm³/mol. The van der Waals surface area contributed by atoms with Crippen molar-refractivity contribution in [2.45, 2.75) is 32.5 Å². The maximum absolute atomic E-state index is 12.5. The number of hydrogen-bond donors (Lipinski definition) is 0. The lowest BCUT2D eigenvalue weighted by atomic mass is 10.1. The van der Waals surface area contributed by atoms with Crippen LogP contribution in [-0.2, 0) is 35.6 Å². The van der Waals surface area contributed by atoms with Crippen molar-refractivity contribution in [1.82, 2.24) is 30.0 Å². The molecule has 1 fully saturated rings. The summed E-state index contributed by atoms with van der Waals surface area (Å²) in [6.07, 6.45) is 1.40. The van der Waals surface area contributed by atoms with E-state index in [1.807, 2.05) is 4.90 Å². The largest absolute Gasteiger partial charge is 0.379 e. The molecule has 4 heterocycles. The van der Waals surface area contributed by atoms with Crippen molar-refractivity contribution in [2.24, 2.45) is 0 Å². The molecule has 0 aliphatic carbocycles. The van der Waals surface area contributed by atoms with E-state index in [0.29, 0.717) is 19.5 Å². The van der Waals surface area contributed by atoms with Gasteiger partial charge in [-0.3, -0.25) is 9.69 Å². The average molecular weight is 362 g/mol. The second-order valence-corrected chi connectivity index (χ2v) is 7.39. The highest BCUT2D eigenvalue weighted by Crippen LogP contribution is 2.24. The summed E-state index contributed by atoms with van der Waals surface area (Å²) < 4.78 is 7.12. The van der Waals surface area contributed by atoms with Crippen molar-refractivity contribution < 1.29 is 9.53 Å². The zero-order chi connectivity index (χ0) is 17.1. The van der Waals surface area contributed by atoms with Gasteiger partial charge in [0.05, 0.1) is 26.3 Å². The smallest absolute Gasteiger partial charge is 0.224 e. The van der Waals surface area contributed by atoms with Crippen molar-refractivity contribution in [3.8, 4) is 0 Å². The van der Waals surface area contributed by atoms with E-state index < -0.39 is 0 Å². The number of tetrazole rings is 1. The molecule has 0 saturated carbocycles. The molecule has 2 aliphatic rings. The third-order valence-electron chi connectivity index (χ3n) is 4.77. The Balaban J connectivity index is 1.31. The van der Waals surface area contributed by atoms with Crippen molar-refractivity contribution in [1.29, 1.82) is 0 Å². The minimum atomic E-state index is 0.171. The number of morpholine rings is 1. The molecule has 0 N–H and O–H groups in total. The summed E-state index contributed by atoms with van der Waals surface area (Å²) in [5, 5.41) is 14.1. The van der Waals surface area contributed by atoms with E-state index in [2.05, 4.69) is 31.9 Å². The van der Waals surface area contributed by atoms with Crippen LogP contribution in [0, 0.1) is 0 Å². The van der Waals surface area contributed by atoms with E-state index in [9.17, 15) is 4.79 Å². The number of nitrogens with zero attached hydrogens (tertiary/aromatic N) is 6. The first kappa shape index (κ1) is 16.6. The molecule has 2 aromatic heterocycles. The van der Waals surface area contributed by atoms with Gasteiger partial charge in [-0.15, -0.1) is 16.4 Å². The van der Waals surface area contributed by atoms with Crippen LogP contribution >= 0.6 is 11.3 Å². The van der Waals surface area contributed by atoms with E-state index in [0.717, 1.165) is 51.6 Å². The number of carbonyl (C=O) groups is 1. The molecular weight excluding hydrogens is 340 g/mol. The Morgan fingerprint density at radius 3 is 3.04 bits per heavy atom. The van der Waals surface area contributed by atoms with Crippen LogP contribution in [0.3, 0.4) is 0 Å². The number of ether oxygens (including phenoxy) is 1. The summed E-state index contributed by atoms with van der Waals surface area (Å²) in [7, 11) is 0. The lowest BCUT2D eigenvalue weighted by Crippen LogP contribution is -2.37. The highest BCUT2D eigenvalue weighted by atomic mass is 32.1. The van der Waals surface area contributed by atoms with Crippen LogP contribution in [0.2, 0.25) is 0 Å². The average Bonchev–Trinajstić information content (AvgIpc) is 3.29. The number of fused-ring (bicyclic) bond motifs is 1. The van der Waals surface area contributed by atoms with Crippen LogP contribution in [0.1, 0.15) is 22.7 Å². The highest BCUT2D eigenvalue weighted by molar-refractivity contribution is 7.10. The van der Waals surface area contributed by atoms with Crippen molar-refractivity contribution in [3.05, 3.63) is 27.7 Å². The Bertz CT molecular complexity index is 724. The number of amides is 1. The third kappa shape index (κ3) is 3.88. The molecule has 0 radical (unpaired) electrons. The van der Waals surface area contributed by atoms with Gasteiger partial charge >= 0.3 is 0 Å². The molecule has 8 nitrogen and oxygen atoms in total. The maximum atomic E-state index is 12.5.